The van der Waals surface area contributed by atoms with Crippen molar-refractivity contribution in [3.05, 3.63) is 29.8 Å². The first-order valence-corrected chi connectivity index (χ1v) is 8.82. The number of nitrogens with one attached hydrogen (secondary N) is 1. The van der Waals surface area contributed by atoms with E-state index in [1.807, 2.05) is 0 Å². The van der Waals surface area contributed by atoms with Crippen LogP contribution in [-0.2, 0) is 16.0 Å². The number of alkyl halides is 3. The number of amidine groups is 1. The normalized spacial score (nSPS) is 27.3. The maximum absolute atomic E-state index is 12.6. The molecule has 114 valence electrons. The monoisotopic (exact) mass is 336 g/mol. The maximum atomic E-state index is 12.6. The molecule has 2 aliphatic rings. The number of benzene rings is 1. The zero-order valence-electron chi connectivity index (χ0n) is 10.6. The van der Waals surface area contributed by atoms with Crippen LogP contribution < -0.4 is 5.32 Å². The van der Waals surface area contributed by atoms with Crippen LogP contribution in [0, 0.1) is 0 Å². The Kier molecular flexibility index (Phi) is 3.44. The molecule has 1 saturated heterocycles. The first-order valence-electron chi connectivity index (χ1n) is 6.12. The number of fused-ring (bicyclic) bond motifs is 1. The second kappa shape index (κ2) is 4.91. The van der Waals surface area contributed by atoms with E-state index in [2.05, 4.69) is 10.3 Å². The smallest absolute Gasteiger partial charge is 0.335 e. The highest BCUT2D eigenvalue weighted by Crippen LogP contribution is 2.35. The molecule has 2 aliphatic heterocycles. The van der Waals surface area contributed by atoms with Crippen molar-refractivity contribution >= 4 is 32.5 Å². The van der Waals surface area contributed by atoms with E-state index in [1.54, 1.807) is 0 Å². The Balaban J connectivity index is 1.74. The summed E-state index contributed by atoms with van der Waals surface area (Å²) in [4.78, 5) is 4.24. The molecule has 9 heteroatoms. The Hall–Kier alpha value is -1.22. The van der Waals surface area contributed by atoms with Gasteiger partial charge in [-0.3, -0.25) is 4.99 Å². The lowest BCUT2D eigenvalue weighted by atomic mass is 10.2. The molecule has 2 atom stereocenters. The van der Waals surface area contributed by atoms with Gasteiger partial charge in [0, 0.05) is 10.9 Å². The van der Waals surface area contributed by atoms with E-state index < -0.39 is 21.6 Å². The number of rotatable bonds is 1. The standard InChI is InChI=1S/C12H11F3N2O2S2/c13-12(14,15)7-2-1-3-8(4-7)16-11-17-9-5-21(18,19)6-10(9)20-11/h1-4,9-10H,5-6H2,(H,16,17)/t9-,10-/m0/s1. The lowest BCUT2D eigenvalue weighted by Gasteiger charge is -2.10. The van der Waals surface area contributed by atoms with Crippen molar-refractivity contribution in [2.45, 2.75) is 17.5 Å². The van der Waals surface area contributed by atoms with E-state index >= 15 is 0 Å². The zero-order chi connectivity index (χ0) is 15.3. The molecule has 1 fully saturated rings. The third-order valence-electron chi connectivity index (χ3n) is 3.26. The average Bonchev–Trinajstić information content (AvgIpc) is 2.81. The Morgan fingerprint density at radius 2 is 2.05 bits per heavy atom. The number of hydrogen-bond donors (Lipinski definition) is 1. The summed E-state index contributed by atoms with van der Waals surface area (Å²) in [5, 5.41) is 3.16. The second-order valence-electron chi connectivity index (χ2n) is 4.94. The lowest BCUT2D eigenvalue weighted by molar-refractivity contribution is -0.137. The maximum Gasteiger partial charge on any atom is 0.416 e. The van der Waals surface area contributed by atoms with Crippen LogP contribution in [0.25, 0.3) is 0 Å². The van der Waals surface area contributed by atoms with Crippen molar-refractivity contribution in [3.63, 3.8) is 0 Å². The van der Waals surface area contributed by atoms with Crippen LogP contribution in [0.15, 0.2) is 29.3 Å². The zero-order valence-corrected chi connectivity index (χ0v) is 12.2. The van der Waals surface area contributed by atoms with Crippen molar-refractivity contribution in [1.29, 1.82) is 0 Å². The van der Waals surface area contributed by atoms with E-state index in [9.17, 15) is 21.6 Å². The van der Waals surface area contributed by atoms with E-state index in [0.717, 1.165) is 12.1 Å². The molecule has 21 heavy (non-hydrogen) atoms. The Morgan fingerprint density at radius 3 is 2.71 bits per heavy atom. The highest BCUT2D eigenvalue weighted by Gasteiger charge is 2.42. The molecule has 1 aromatic rings. The number of anilines is 1. The van der Waals surface area contributed by atoms with Gasteiger partial charge in [-0.25, -0.2) is 8.42 Å². The number of nitrogens with zero attached hydrogens (tertiary/aromatic N) is 1. The average molecular weight is 336 g/mol. The largest absolute Gasteiger partial charge is 0.416 e. The van der Waals surface area contributed by atoms with Gasteiger partial charge in [-0.05, 0) is 18.2 Å². The fraction of sp³-hybridized carbons (Fsp3) is 0.417. The second-order valence-corrected chi connectivity index (χ2v) is 8.32. The minimum Gasteiger partial charge on any atom is -0.335 e. The first kappa shape index (κ1) is 14.7. The molecule has 3 rings (SSSR count). The molecule has 0 spiro atoms. The summed E-state index contributed by atoms with van der Waals surface area (Å²) in [6, 6.07) is 4.54. The molecule has 0 amide bonds. The van der Waals surface area contributed by atoms with Crippen molar-refractivity contribution in [2.24, 2.45) is 4.99 Å². The summed E-state index contributed by atoms with van der Waals surface area (Å²) in [6.45, 7) is 0. The first-order chi connectivity index (χ1) is 9.73. The van der Waals surface area contributed by atoms with E-state index in [4.69, 9.17) is 0 Å². The predicted octanol–water partition coefficient (Wildman–Crippen LogP) is 2.39. The summed E-state index contributed by atoms with van der Waals surface area (Å²) in [7, 11) is -3.03. The van der Waals surface area contributed by atoms with Crippen LogP contribution >= 0.6 is 11.8 Å². The van der Waals surface area contributed by atoms with E-state index in [-0.39, 0.29) is 22.8 Å². The number of hydrogen-bond acceptors (Lipinski definition) is 5. The molecule has 2 heterocycles. The van der Waals surface area contributed by atoms with Crippen LogP contribution in [0.3, 0.4) is 0 Å². The number of aliphatic imine (C=N–C) groups is 1. The predicted molar refractivity (Wildman–Crippen MR) is 76.3 cm³/mol. The highest BCUT2D eigenvalue weighted by atomic mass is 32.2. The number of sulfone groups is 1. The van der Waals surface area contributed by atoms with Gasteiger partial charge >= 0.3 is 6.18 Å². The molecule has 0 aliphatic carbocycles. The molecule has 0 radical (unpaired) electrons. The molecule has 0 saturated carbocycles. The highest BCUT2D eigenvalue weighted by molar-refractivity contribution is 8.15. The minimum atomic E-state index is -4.40. The quantitative estimate of drug-likeness (QED) is 0.855. The van der Waals surface area contributed by atoms with Crippen LogP contribution in [0.2, 0.25) is 0 Å². The molecule has 0 unspecified atom stereocenters. The molecule has 1 aromatic carbocycles. The molecule has 1 N–H and O–H groups in total. The fourth-order valence-electron chi connectivity index (χ4n) is 2.31. The van der Waals surface area contributed by atoms with Crippen LogP contribution in [0.1, 0.15) is 5.56 Å². The SMILES string of the molecule is O=S1(=O)C[C@@H]2N=C(Nc3cccc(C(F)(F)F)c3)S[C@H]2C1. The van der Waals surface area contributed by atoms with Gasteiger partial charge in [0.1, 0.15) is 0 Å². The van der Waals surface area contributed by atoms with E-state index in [1.165, 1.54) is 23.9 Å². The minimum absolute atomic E-state index is 0.0123. The lowest BCUT2D eigenvalue weighted by Crippen LogP contribution is -2.13. The van der Waals surface area contributed by atoms with Crippen LogP contribution in [0.4, 0.5) is 18.9 Å². The third kappa shape index (κ3) is 3.18. The molecule has 0 bridgehead atoms. The van der Waals surface area contributed by atoms with Gasteiger partial charge in [0.25, 0.3) is 0 Å². The number of thioether (sulfide) groups is 1. The Bertz CT molecular complexity index is 701. The van der Waals surface area contributed by atoms with Gasteiger partial charge in [0.05, 0.1) is 23.1 Å². The van der Waals surface area contributed by atoms with Gasteiger partial charge in [-0.2, -0.15) is 13.2 Å². The van der Waals surface area contributed by atoms with Crippen LogP contribution in [0.5, 0.6) is 0 Å². The Morgan fingerprint density at radius 1 is 1.29 bits per heavy atom. The van der Waals surface area contributed by atoms with Gasteiger partial charge < -0.3 is 5.32 Å². The molecule has 0 aromatic heterocycles. The summed E-state index contributed by atoms with van der Waals surface area (Å²) in [6.07, 6.45) is -4.40. The van der Waals surface area contributed by atoms with Crippen molar-refractivity contribution < 1.29 is 21.6 Å². The van der Waals surface area contributed by atoms with E-state index in [0.29, 0.717) is 10.9 Å². The molecular weight excluding hydrogens is 325 g/mol. The summed E-state index contributed by atoms with van der Waals surface area (Å²) in [5.74, 6) is 0.0814. The third-order valence-corrected chi connectivity index (χ3v) is 6.40. The molecular formula is C12H11F3N2O2S2. The van der Waals surface area contributed by atoms with Gasteiger partial charge in [0.2, 0.25) is 0 Å². The van der Waals surface area contributed by atoms with Crippen LogP contribution in [-0.4, -0.2) is 36.4 Å². The van der Waals surface area contributed by atoms with Crippen molar-refractivity contribution in [2.75, 3.05) is 16.8 Å². The Labute approximate surface area is 123 Å². The van der Waals surface area contributed by atoms with Gasteiger partial charge in [-0.15, -0.1) is 0 Å². The van der Waals surface area contributed by atoms with Crippen molar-refractivity contribution in [1.82, 2.24) is 0 Å². The molecule has 4 nitrogen and oxygen atoms in total. The summed E-state index contributed by atoms with van der Waals surface area (Å²) >= 11 is 1.27. The van der Waals surface area contributed by atoms with Gasteiger partial charge in [0.15, 0.2) is 15.0 Å². The topological polar surface area (TPSA) is 58.5 Å². The number of halogens is 3. The summed E-state index contributed by atoms with van der Waals surface area (Å²) < 4.78 is 60.7. The van der Waals surface area contributed by atoms with Gasteiger partial charge in [-0.1, -0.05) is 17.8 Å². The van der Waals surface area contributed by atoms with Crippen molar-refractivity contribution in [3.8, 4) is 0 Å². The fourth-order valence-corrected chi connectivity index (χ4v) is 5.99. The summed E-state index contributed by atoms with van der Waals surface area (Å²) in [5.41, 5.74) is -0.447.